The minimum Gasteiger partial charge on any atom is -0.382 e. The van der Waals surface area contributed by atoms with Gasteiger partial charge in [0.2, 0.25) is 6.10 Å². The van der Waals surface area contributed by atoms with E-state index >= 15 is 0 Å². The van der Waals surface area contributed by atoms with E-state index in [4.69, 9.17) is 4.84 Å². The Balaban J connectivity index is 1.59. The van der Waals surface area contributed by atoms with Crippen LogP contribution >= 0.6 is 15.9 Å². The molecule has 1 saturated carbocycles. The normalized spacial score (nSPS) is 22.4. The van der Waals surface area contributed by atoms with Gasteiger partial charge in [-0.15, -0.1) is 0 Å². The number of rotatable bonds is 3. The van der Waals surface area contributed by atoms with Crippen LogP contribution in [-0.2, 0) is 9.63 Å². The van der Waals surface area contributed by atoms with Crippen molar-refractivity contribution in [1.82, 2.24) is 5.32 Å². The van der Waals surface area contributed by atoms with E-state index in [0.717, 1.165) is 28.6 Å². The van der Waals surface area contributed by atoms with Crippen molar-refractivity contribution in [1.29, 1.82) is 0 Å². The van der Waals surface area contributed by atoms with Crippen LogP contribution in [0.3, 0.4) is 0 Å². The first-order valence-electron chi connectivity index (χ1n) is 7.01. The first-order chi connectivity index (χ1) is 9.72. The first kappa shape index (κ1) is 13.6. The first-order valence-corrected chi connectivity index (χ1v) is 7.81. The molecule has 1 atom stereocenters. The Labute approximate surface area is 126 Å². The molecule has 1 aliphatic heterocycles. The number of benzene rings is 1. The van der Waals surface area contributed by atoms with Crippen molar-refractivity contribution in [3.63, 3.8) is 0 Å². The highest BCUT2D eigenvalue weighted by Gasteiger charge is 2.30. The molecule has 0 bridgehead atoms. The van der Waals surface area contributed by atoms with Gasteiger partial charge in [0.15, 0.2) is 0 Å². The van der Waals surface area contributed by atoms with Gasteiger partial charge in [-0.25, -0.2) is 0 Å². The topological polar surface area (TPSA) is 50.7 Å². The molecule has 1 aliphatic carbocycles. The number of hydrogen-bond donors (Lipinski definition) is 1. The van der Waals surface area contributed by atoms with E-state index in [1.165, 1.54) is 12.8 Å². The molecule has 4 nitrogen and oxygen atoms in total. The SMILES string of the molecule is O=C(NC1CCCC1)[C@@H]1CC(c2cccc(Br)c2)=NO1. The summed E-state index contributed by atoms with van der Waals surface area (Å²) in [7, 11) is 0. The summed E-state index contributed by atoms with van der Waals surface area (Å²) in [5, 5.41) is 7.12. The average Bonchev–Trinajstić information content (AvgIpc) is 3.09. The number of carbonyl (C=O) groups is 1. The highest BCUT2D eigenvalue weighted by Crippen LogP contribution is 2.21. The van der Waals surface area contributed by atoms with E-state index in [1.54, 1.807) is 0 Å². The number of oxime groups is 1. The number of hydrogen-bond acceptors (Lipinski definition) is 3. The van der Waals surface area contributed by atoms with Gasteiger partial charge >= 0.3 is 0 Å². The van der Waals surface area contributed by atoms with E-state index < -0.39 is 6.10 Å². The largest absolute Gasteiger partial charge is 0.382 e. The Hall–Kier alpha value is -1.36. The van der Waals surface area contributed by atoms with Gasteiger partial charge in [-0.3, -0.25) is 4.79 Å². The Morgan fingerprint density at radius 1 is 1.35 bits per heavy atom. The van der Waals surface area contributed by atoms with Gasteiger partial charge in [0, 0.05) is 22.5 Å². The van der Waals surface area contributed by atoms with Gasteiger partial charge in [0.25, 0.3) is 5.91 Å². The van der Waals surface area contributed by atoms with Crippen LogP contribution in [0.25, 0.3) is 0 Å². The van der Waals surface area contributed by atoms with E-state index in [2.05, 4.69) is 26.4 Å². The third-order valence-electron chi connectivity index (χ3n) is 3.82. The van der Waals surface area contributed by atoms with E-state index in [0.29, 0.717) is 12.5 Å². The van der Waals surface area contributed by atoms with Gasteiger partial charge in [-0.05, 0) is 25.0 Å². The second kappa shape index (κ2) is 5.95. The number of halogens is 1. The van der Waals surface area contributed by atoms with Crippen molar-refractivity contribution in [3.05, 3.63) is 34.3 Å². The molecule has 0 spiro atoms. The summed E-state index contributed by atoms with van der Waals surface area (Å²) in [6.45, 7) is 0. The summed E-state index contributed by atoms with van der Waals surface area (Å²) in [4.78, 5) is 17.4. The molecule has 0 unspecified atom stereocenters. The quantitative estimate of drug-likeness (QED) is 0.922. The fourth-order valence-electron chi connectivity index (χ4n) is 2.72. The zero-order chi connectivity index (χ0) is 13.9. The van der Waals surface area contributed by atoms with Crippen LogP contribution < -0.4 is 5.32 Å². The minimum atomic E-state index is -0.482. The summed E-state index contributed by atoms with van der Waals surface area (Å²) in [6.07, 6.45) is 4.63. The van der Waals surface area contributed by atoms with Crippen molar-refractivity contribution in [2.45, 2.75) is 44.2 Å². The van der Waals surface area contributed by atoms with Crippen molar-refractivity contribution in [2.75, 3.05) is 0 Å². The summed E-state index contributed by atoms with van der Waals surface area (Å²) < 4.78 is 0.997. The van der Waals surface area contributed by atoms with Crippen LogP contribution in [0.1, 0.15) is 37.7 Å². The van der Waals surface area contributed by atoms with Gasteiger partial charge in [-0.1, -0.05) is 46.1 Å². The Kier molecular flexibility index (Phi) is 4.05. The Morgan fingerprint density at radius 3 is 2.90 bits per heavy atom. The summed E-state index contributed by atoms with van der Waals surface area (Å²) in [6, 6.07) is 8.20. The minimum absolute atomic E-state index is 0.0364. The van der Waals surface area contributed by atoms with E-state index in [9.17, 15) is 4.79 Å². The maximum absolute atomic E-state index is 12.1. The second-order valence-electron chi connectivity index (χ2n) is 5.34. The van der Waals surface area contributed by atoms with Crippen LogP contribution in [0.15, 0.2) is 33.9 Å². The molecule has 2 aliphatic rings. The lowest BCUT2D eigenvalue weighted by atomic mass is 10.0. The zero-order valence-electron chi connectivity index (χ0n) is 11.1. The molecule has 0 saturated heterocycles. The van der Waals surface area contributed by atoms with Crippen LogP contribution in [0.2, 0.25) is 0 Å². The summed E-state index contributed by atoms with van der Waals surface area (Å²) in [5.74, 6) is -0.0364. The van der Waals surface area contributed by atoms with E-state index in [-0.39, 0.29) is 5.91 Å². The Morgan fingerprint density at radius 2 is 2.15 bits per heavy atom. The number of amides is 1. The maximum Gasteiger partial charge on any atom is 0.264 e. The molecular weight excluding hydrogens is 320 g/mol. The van der Waals surface area contributed by atoms with Crippen molar-refractivity contribution in [2.24, 2.45) is 5.16 Å². The molecule has 1 aromatic carbocycles. The molecule has 1 fully saturated rings. The predicted molar refractivity (Wildman–Crippen MR) is 80.6 cm³/mol. The second-order valence-corrected chi connectivity index (χ2v) is 6.25. The lowest BCUT2D eigenvalue weighted by Crippen LogP contribution is -2.40. The van der Waals surface area contributed by atoms with Gasteiger partial charge < -0.3 is 10.2 Å². The molecule has 106 valence electrons. The van der Waals surface area contributed by atoms with Crippen molar-refractivity contribution in [3.8, 4) is 0 Å². The lowest BCUT2D eigenvalue weighted by Gasteiger charge is -2.14. The fourth-order valence-corrected chi connectivity index (χ4v) is 3.12. The fraction of sp³-hybridized carbons (Fsp3) is 0.467. The molecule has 1 N–H and O–H groups in total. The monoisotopic (exact) mass is 336 g/mol. The molecule has 5 heteroatoms. The number of nitrogens with zero attached hydrogens (tertiary/aromatic N) is 1. The van der Waals surface area contributed by atoms with Crippen LogP contribution in [0, 0.1) is 0 Å². The molecule has 20 heavy (non-hydrogen) atoms. The third-order valence-corrected chi connectivity index (χ3v) is 4.31. The highest BCUT2D eigenvalue weighted by molar-refractivity contribution is 9.10. The summed E-state index contributed by atoms with van der Waals surface area (Å²) in [5.41, 5.74) is 1.83. The van der Waals surface area contributed by atoms with Gasteiger partial charge in [0.1, 0.15) is 0 Å². The molecule has 1 heterocycles. The van der Waals surface area contributed by atoms with Crippen LogP contribution in [-0.4, -0.2) is 23.8 Å². The molecule has 3 rings (SSSR count). The van der Waals surface area contributed by atoms with Gasteiger partial charge in [-0.2, -0.15) is 0 Å². The number of nitrogens with one attached hydrogen (secondary N) is 1. The van der Waals surface area contributed by atoms with Crippen LogP contribution in [0.4, 0.5) is 0 Å². The third kappa shape index (κ3) is 3.03. The van der Waals surface area contributed by atoms with Crippen molar-refractivity contribution >= 4 is 27.5 Å². The maximum atomic E-state index is 12.1. The van der Waals surface area contributed by atoms with Crippen molar-refractivity contribution < 1.29 is 9.63 Å². The van der Waals surface area contributed by atoms with Crippen LogP contribution in [0.5, 0.6) is 0 Å². The molecule has 0 aromatic heterocycles. The molecule has 1 aromatic rings. The van der Waals surface area contributed by atoms with E-state index in [1.807, 2.05) is 24.3 Å². The molecule has 0 radical (unpaired) electrons. The highest BCUT2D eigenvalue weighted by atomic mass is 79.9. The predicted octanol–water partition coefficient (Wildman–Crippen LogP) is 3.00. The standard InChI is InChI=1S/C15H17BrN2O2/c16-11-5-3-4-10(8-11)13-9-14(20-18-13)15(19)17-12-6-1-2-7-12/h3-5,8,12,14H,1-2,6-7,9H2,(H,17,19)/t14-/m0/s1. The average molecular weight is 337 g/mol. The smallest absolute Gasteiger partial charge is 0.264 e. The molecular formula is C15H17BrN2O2. The Bertz CT molecular complexity index is 538. The van der Waals surface area contributed by atoms with Gasteiger partial charge in [0.05, 0.1) is 5.71 Å². The summed E-state index contributed by atoms with van der Waals surface area (Å²) >= 11 is 3.44. The lowest BCUT2D eigenvalue weighted by molar-refractivity contribution is -0.131. The number of carbonyl (C=O) groups excluding carboxylic acids is 1. The molecule has 1 amide bonds. The zero-order valence-corrected chi connectivity index (χ0v) is 12.7.